The molecule has 2 rings (SSSR count). The summed E-state index contributed by atoms with van der Waals surface area (Å²) in [4.78, 5) is 18.9. The molecular weight excluding hydrogens is 240 g/mol. The Morgan fingerprint density at radius 2 is 1.58 bits per heavy atom. The van der Waals surface area contributed by atoms with Crippen molar-refractivity contribution < 1.29 is 4.79 Å². The Hall–Kier alpha value is -0.650. The number of hydrogen-bond acceptors (Lipinski definition) is 4. The Morgan fingerprint density at radius 3 is 2.21 bits per heavy atom. The minimum absolute atomic E-state index is 0.198. The molecule has 0 bridgehead atoms. The van der Waals surface area contributed by atoms with Gasteiger partial charge < -0.3 is 15.1 Å². The molecule has 19 heavy (non-hydrogen) atoms. The number of likely N-dealkylation sites (N-methyl/N-ethyl adjacent to an activating group) is 1. The van der Waals surface area contributed by atoms with Crippen molar-refractivity contribution in [3.8, 4) is 0 Å². The van der Waals surface area contributed by atoms with Crippen LogP contribution in [0.2, 0.25) is 0 Å². The molecule has 0 aromatic carbocycles. The van der Waals surface area contributed by atoms with Gasteiger partial charge in [0.25, 0.3) is 0 Å². The molecule has 2 aliphatic rings. The van der Waals surface area contributed by atoms with E-state index in [0.717, 1.165) is 32.7 Å². The molecule has 110 valence electrons. The zero-order chi connectivity index (χ0) is 13.7. The van der Waals surface area contributed by atoms with E-state index in [1.54, 1.807) is 0 Å². The number of likely N-dealkylation sites (tertiary alicyclic amines) is 1. The van der Waals surface area contributed by atoms with Gasteiger partial charge >= 0.3 is 0 Å². The summed E-state index contributed by atoms with van der Waals surface area (Å²) in [6.45, 7) is 7.93. The van der Waals surface area contributed by atoms with Crippen molar-refractivity contribution in [3.63, 3.8) is 0 Å². The topological polar surface area (TPSA) is 38.8 Å². The van der Waals surface area contributed by atoms with Crippen molar-refractivity contribution >= 4 is 5.91 Å². The summed E-state index contributed by atoms with van der Waals surface area (Å²) < 4.78 is 0. The van der Waals surface area contributed by atoms with Crippen LogP contribution in [-0.2, 0) is 4.79 Å². The number of nitrogens with zero attached hydrogens (tertiary/aromatic N) is 3. The smallest absolute Gasteiger partial charge is 0.234 e. The molecule has 0 aliphatic carbocycles. The normalized spacial score (nSPS) is 24.5. The number of amides is 1. The molecule has 1 N–H and O–H groups in total. The largest absolute Gasteiger partial charge is 0.355 e. The number of rotatable bonds is 4. The monoisotopic (exact) mass is 268 g/mol. The van der Waals surface area contributed by atoms with Crippen LogP contribution in [0.15, 0.2) is 0 Å². The van der Waals surface area contributed by atoms with Gasteiger partial charge in [-0.15, -0.1) is 0 Å². The maximum atomic E-state index is 11.9. The number of hydrogen-bond donors (Lipinski definition) is 1. The Morgan fingerprint density at radius 1 is 1.00 bits per heavy atom. The summed E-state index contributed by atoms with van der Waals surface area (Å²) in [5.74, 6) is 0.871. The van der Waals surface area contributed by atoms with Gasteiger partial charge in [-0.2, -0.15) is 0 Å². The molecule has 5 heteroatoms. The summed E-state index contributed by atoms with van der Waals surface area (Å²) in [6, 6.07) is 0. The predicted octanol–water partition coefficient (Wildman–Crippen LogP) is -0.308. The molecule has 0 aromatic rings. The molecule has 0 aromatic heterocycles. The number of carbonyl (C=O) groups excluding carboxylic acids is 1. The average molecular weight is 268 g/mol. The van der Waals surface area contributed by atoms with Crippen LogP contribution in [0.3, 0.4) is 0 Å². The van der Waals surface area contributed by atoms with E-state index in [4.69, 9.17) is 0 Å². The van der Waals surface area contributed by atoms with E-state index in [9.17, 15) is 4.79 Å². The first kappa shape index (κ1) is 14.8. The second kappa shape index (κ2) is 7.22. The lowest BCUT2D eigenvalue weighted by Crippen LogP contribution is -2.48. The molecule has 0 saturated carbocycles. The van der Waals surface area contributed by atoms with Gasteiger partial charge in [-0.3, -0.25) is 9.69 Å². The van der Waals surface area contributed by atoms with E-state index in [0.29, 0.717) is 12.5 Å². The number of nitrogens with one attached hydrogen (secondary N) is 1. The highest BCUT2D eigenvalue weighted by atomic mass is 16.2. The third-order valence-corrected chi connectivity index (χ3v) is 4.39. The summed E-state index contributed by atoms with van der Waals surface area (Å²) in [7, 11) is 4.31. The van der Waals surface area contributed by atoms with Gasteiger partial charge in [-0.1, -0.05) is 0 Å². The van der Waals surface area contributed by atoms with Crippen LogP contribution < -0.4 is 5.32 Å². The van der Waals surface area contributed by atoms with Crippen LogP contribution in [0.5, 0.6) is 0 Å². The van der Waals surface area contributed by atoms with Crippen LogP contribution in [0.4, 0.5) is 0 Å². The fraction of sp³-hybridized carbons (Fsp3) is 0.929. The fourth-order valence-electron chi connectivity index (χ4n) is 2.79. The maximum Gasteiger partial charge on any atom is 0.234 e. The molecule has 2 heterocycles. The Labute approximate surface area is 116 Å². The molecule has 0 spiro atoms. The number of piperazine rings is 1. The molecule has 0 radical (unpaired) electrons. The zero-order valence-electron chi connectivity index (χ0n) is 12.4. The zero-order valence-corrected chi connectivity index (χ0v) is 12.4. The molecule has 0 atom stereocenters. The van der Waals surface area contributed by atoms with E-state index in [1.165, 1.54) is 25.9 Å². The van der Waals surface area contributed by atoms with Crippen molar-refractivity contribution in [2.24, 2.45) is 5.92 Å². The summed E-state index contributed by atoms with van der Waals surface area (Å²) >= 11 is 0. The third-order valence-electron chi connectivity index (χ3n) is 4.39. The quantitative estimate of drug-likeness (QED) is 0.759. The molecule has 0 unspecified atom stereocenters. The summed E-state index contributed by atoms with van der Waals surface area (Å²) in [6.07, 6.45) is 2.43. The summed E-state index contributed by atoms with van der Waals surface area (Å²) in [5.41, 5.74) is 0. The van der Waals surface area contributed by atoms with Crippen molar-refractivity contribution in [1.82, 2.24) is 20.0 Å². The van der Waals surface area contributed by atoms with Crippen LogP contribution >= 0.6 is 0 Å². The summed E-state index contributed by atoms with van der Waals surface area (Å²) in [5, 5.41) is 3.11. The minimum atomic E-state index is 0.198. The van der Waals surface area contributed by atoms with E-state index in [1.807, 2.05) is 0 Å². The van der Waals surface area contributed by atoms with E-state index in [-0.39, 0.29) is 5.91 Å². The van der Waals surface area contributed by atoms with Crippen molar-refractivity contribution in [2.75, 3.05) is 66.5 Å². The van der Waals surface area contributed by atoms with Crippen LogP contribution in [-0.4, -0.2) is 87.1 Å². The lowest BCUT2D eigenvalue weighted by Gasteiger charge is -2.32. The molecule has 2 fully saturated rings. The van der Waals surface area contributed by atoms with Gasteiger partial charge in [0.15, 0.2) is 0 Å². The molecule has 1 amide bonds. The molecule has 5 nitrogen and oxygen atoms in total. The Balaban J connectivity index is 1.59. The predicted molar refractivity (Wildman–Crippen MR) is 77.2 cm³/mol. The lowest BCUT2D eigenvalue weighted by molar-refractivity contribution is -0.122. The second-order valence-corrected chi connectivity index (χ2v) is 6.13. The first-order valence-corrected chi connectivity index (χ1v) is 7.49. The highest BCUT2D eigenvalue weighted by Gasteiger charge is 2.19. The minimum Gasteiger partial charge on any atom is -0.355 e. The Kier molecular flexibility index (Phi) is 5.60. The Bertz CT molecular complexity index is 281. The standard InChI is InChI=1S/C14H28N4O/c1-16-5-3-13(4-6-16)11-15-14(19)12-18-9-7-17(2)8-10-18/h13H,3-12H2,1-2H3,(H,15,19). The molecule has 2 aliphatic heterocycles. The van der Waals surface area contributed by atoms with Gasteiger partial charge in [0.1, 0.15) is 0 Å². The van der Waals surface area contributed by atoms with Crippen molar-refractivity contribution in [1.29, 1.82) is 0 Å². The highest BCUT2D eigenvalue weighted by molar-refractivity contribution is 5.78. The third kappa shape index (κ3) is 5.09. The average Bonchev–Trinajstić information content (AvgIpc) is 2.41. The van der Waals surface area contributed by atoms with E-state index < -0.39 is 0 Å². The molecular formula is C14H28N4O. The first-order valence-electron chi connectivity index (χ1n) is 7.49. The van der Waals surface area contributed by atoms with Gasteiger partial charge in [0.05, 0.1) is 6.54 Å². The maximum absolute atomic E-state index is 11.9. The SMILES string of the molecule is CN1CCC(CNC(=O)CN2CCN(C)CC2)CC1. The highest BCUT2D eigenvalue weighted by Crippen LogP contribution is 2.14. The second-order valence-electron chi connectivity index (χ2n) is 6.13. The van der Waals surface area contributed by atoms with Crippen LogP contribution in [0.1, 0.15) is 12.8 Å². The fourth-order valence-corrected chi connectivity index (χ4v) is 2.79. The van der Waals surface area contributed by atoms with E-state index in [2.05, 4.69) is 34.1 Å². The van der Waals surface area contributed by atoms with Crippen molar-refractivity contribution in [2.45, 2.75) is 12.8 Å². The van der Waals surface area contributed by atoms with Crippen molar-refractivity contribution in [3.05, 3.63) is 0 Å². The van der Waals surface area contributed by atoms with Gasteiger partial charge in [-0.05, 0) is 45.9 Å². The van der Waals surface area contributed by atoms with Gasteiger partial charge in [0.2, 0.25) is 5.91 Å². The van der Waals surface area contributed by atoms with Gasteiger partial charge in [-0.25, -0.2) is 0 Å². The number of piperidine rings is 1. The van der Waals surface area contributed by atoms with Crippen LogP contribution in [0.25, 0.3) is 0 Å². The lowest BCUT2D eigenvalue weighted by atomic mass is 9.97. The number of carbonyl (C=O) groups is 1. The first-order chi connectivity index (χ1) is 9.13. The van der Waals surface area contributed by atoms with Gasteiger partial charge in [0, 0.05) is 32.7 Å². The van der Waals surface area contributed by atoms with E-state index >= 15 is 0 Å². The molecule has 2 saturated heterocycles. The van der Waals surface area contributed by atoms with Crippen LogP contribution in [0, 0.1) is 5.92 Å².